The van der Waals surface area contributed by atoms with Crippen LogP contribution < -0.4 is 9.91 Å². The molecule has 0 unspecified atom stereocenters. The third kappa shape index (κ3) is 4.84. The standard InChI is InChI=1S/C25H26N4O5/c1-33-17-23-22(24(31)29(26-23)21-9-5-19(16-30)6-10-21)15-18-3-7-20(8-4-18)27-11-13-28(14-12-27)25(32)34-2/h3-10,15-16H,11-14,17H2,1-2H3/b22-15-. The summed E-state index contributed by atoms with van der Waals surface area (Å²) >= 11 is 0. The molecule has 1 saturated heterocycles. The third-order valence-electron chi connectivity index (χ3n) is 5.79. The van der Waals surface area contributed by atoms with Gasteiger partial charge in [0.05, 0.1) is 30.7 Å². The highest BCUT2D eigenvalue weighted by atomic mass is 16.5. The van der Waals surface area contributed by atoms with Gasteiger partial charge in [0.25, 0.3) is 5.91 Å². The van der Waals surface area contributed by atoms with Crippen molar-refractivity contribution in [3.8, 4) is 0 Å². The number of anilines is 2. The van der Waals surface area contributed by atoms with Crippen LogP contribution in [0, 0.1) is 0 Å². The first-order valence-corrected chi connectivity index (χ1v) is 10.9. The highest BCUT2D eigenvalue weighted by molar-refractivity contribution is 6.33. The maximum atomic E-state index is 13.1. The summed E-state index contributed by atoms with van der Waals surface area (Å²) in [6.07, 6.45) is 2.26. The maximum absolute atomic E-state index is 13.1. The Morgan fingerprint density at radius 3 is 2.15 bits per heavy atom. The smallest absolute Gasteiger partial charge is 0.409 e. The molecule has 0 aliphatic carbocycles. The largest absolute Gasteiger partial charge is 0.453 e. The molecule has 4 rings (SSSR count). The first-order valence-electron chi connectivity index (χ1n) is 10.9. The molecular weight excluding hydrogens is 436 g/mol. The second-order valence-corrected chi connectivity index (χ2v) is 7.90. The van der Waals surface area contributed by atoms with E-state index < -0.39 is 0 Å². The van der Waals surface area contributed by atoms with E-state index in [-0.39, 0.29) is 18.6 Å². The van der Waals surface area contributed by atoms with Crippen molar-refractivity contribution in [2.45, 2.75) is 0 Å². The van der Waals surface area contributed by atoms with E-state index in [2.05, 4.69) is 10.0 Å². The van der Waals surface area contributed by atoms with Gasteiger partial charge in [-0.3, -0.25) is 9.59 Å². The van der Waals surface area contributed by atoms with Crippen LogP contribution >= 0.6 is 0 Å². The molecule has 2 aromatic rings. The number of carbonyl (C=O) groups excluding carboxylic acids is 3. The number of carbonyl (C=O) groups is 3. The number of piperazine rings is 1. The van der Waals surface area contributed by atoms with Crippen molar-refractivity contribution in [3.63, 3.8) is 0 Å². The second-order valence-electron chi connectivity index (χ2n) is 7.90. The van der Waals surface area contributed by atoms with Gasteiger partial charge in [0.15, 0.2) is 0 Å². The molecule has 2 aliphatic heterocycles. The molecule has 9 nitrogen and oxygen atoms in total. The van der Waals surface area contributed by atoms with E-state index in [1.54, 1.807) is 42.4 Å². The Morgan fingerprint density at radius 1 is 0.941 bits per heavy atom. The number of methoxy groups -OCH3 is 2. The van der Waals surface area contributed by atoms with Gasteiger partial charge in [-0.05, 0) is 48.0 Å². The average Bonchev–Trinajstić information content (AvgIpc) is 3.19. The highest BCUT2D eigenvalue weighted by Gasteiger charge is 2.31. The van der Waals surface area contributed by atoms with Crippen LogP contribution in [0.3, 0.4) is 0 Å². The van der Waals surface area contributed by atoms with Gasteiger partial charge < -0.3 is 19.3 Å². The van der Waals surface area contributed by atoms with Crippen molar-refractivity contribution in [1.82, 2.24) is 4.90 Å². The van der Waals surface area contributed by atoms with E-state index in [0.29, 0.717) is 35.6 Å². The van der Waals surface area contributed by atoms with E-state index in [1.165, 1.54) is 12.1 Å². The minimum atomic E-state index is -0.301. The quantitative estimate of drug-likeness (QED) is 0.484. The van der Waals surface area contributed by atoms with Gasteiger partial charge in [-0.2, -0.15) is 10.1 Å². The maximum Gasteiger partial charge on any atom is 0.409 e. The van der Waals surface area contributed by atoms with Gasteiger partial charge in [0.1, 0.15) is 6.29 Å². The Kier molecular flexibility index (Phi) is 7.03. The number of ether oxygens (including phenoxy) is 2. The lowest BCUT2D eigenvalue weighted by Crippen LogP contribution is -2.48. The molecule has 34 heavy (non-hydrogen) atoms. The van der Waals surface area contributed by atoms with Gasteiger partial charge in [-0.25, -0.2) is 4.79 Å². The summed E-state index contributed by atoms with van der Waals surface area (Å²) in [6, 6.07) is 14.6. The molecule has 0 N–H and O–H groups in total. The Hall–Kier alpha value is -3.98. The lowest BCUT2D eigenvalue weighted by atomic mass is 10.1. The number of rotatable bonds is 6. The fourth-order valence-corrected chi connectivity index (χ4v) is 3.94. The first-order chi connectivity index (χ1) is 16.5. The Labute approximate surface area is 197 Å². The summed E-state index contributed by atoms with van der Waals surface area (Å²) in [4.78, 5) is 39.6. The lowest BCUT2D eigenvalue weighted by Gasteiger charge is -2.35. The molecule has 2 heterocycles. The topological polar surface area (TPSA) is 91.8 Å². The molecule has 0 atom stereocenters. The van der Waals surface area contributed by atoms with Crippen LogP contribution in [0.15, 0.2) is 59.2 Å². The Bertz CT molecular complexity index is 1120. The van der Waals surface area contributed by atoms with E-state index in [0.717, 1.165) is 30.6 Å². The summed E-state index contributed by atoms with van der Waals surface area (Å²) in [5.41, 5.74) is 4.01. The molecule has 176 valence electrons. The summed E-state index contributed by atoms with van der Waals surface area (Å²) in [5, 5.41) is 5.77. The number of hydrogen-bond acceptors (Lipinski definition) is 7. The van der Waals surface area contributed by atoms with E-state index in [4.69, 9.17) is 9.47 Å². The predicted molar refractivity (Wildman–Crippen MR) is 129 cm³/mol. The Balaban J connectivity index is 1.50. The van der Waals surface area contributed by atoms with Gasteiger partial charge >= 0.3 is 6.09 Å². The van der Waals surface area contributed by atoms with Crippen molar-refractivity contribution in [3.05, 3.63) is 65.2 Å². The molecule has 2 amide bonds. The van der Waals surface area contributed by atoms with Crippen molar-refractivity contribution < 1.29 is 23.9 Å². The zero-order chi connectivity index (χ0) is 24.1. The van der Waals surface area contributed by atoms with Crippen LogP contribution in [0.4, 0.5) is 16.2 Å². The van der Waals surface area contributed by atoms with E-state index in [9.17, 15) is 14.4 Å². The molecule has 0 spiro atoms. The van der Waals surface area contributed by atoms with Gasteiger partial charge in [-0.15, -0.1) is 0 Å². The minimum absolute atomic E-state index is 0.197. The normalized spacial score (nSPS) is 17.2. The van der Waals surface area contributed by atoms with Crippen LogP contribution in [0.25, 0.3) is 6.08 Å². The van der Waals surface area contributed by atoms with Crippen LogP contribution in [-0.2, 0) is 14.3 Å². The van der Waals surface area contributed by atoms with Crippen molar-refractivity contribution in [1.29, 1.82) is 0 Å². The molecule has 1 fully saturated rings. The second kappa shape index (κ2) is 10.3. The summed E-state index contributed by atoms with van der Waals surface area (Å²) in [5.74, 6) is -0.256. The van der Waals surface area contributed by atoms with Gasteiger partial charge in [-0.1, -0.05) is 12.1 Å². The summed E-state index contributed by atoms with van der Waals surface area (Å²) in [7, 11) is 2.95. The first kappa shape index (κ1) is 23.2. The van der Waals surface area contributed by atoms with E-state index >= 15 is 0 Å². The molecule has 2 aliphatic rings. The monoisotopic (exact) mass is 462 g/mol. The number of benzene rings is 2. The van der Waals surface area contributed by atoms with Crippen LogP contribution in [0.2, 0.25) is 0 Å². The molecule has 9 heteroatoms. The van der Waals surface area contributed by atoms with Crippen molar-refractivity contribution in [2.24, 2.45) is 5.10 Å². The molecule has 0 radical (unpaired) electrons. The number of aldehydes is 1. The predicted octanol–water partition coefficient (Wildman–Crippen LogP) is 2.82. The minimum Gasteiger partial charge on any atom is -0.453 e. The summed E-state index contributed by atoms with van der Waals surface area (Å²) < 4.78 is 10.0. The number of hydrazone groups is 1. The van der Waals surface area contributed by atoms with Crippen LogP contribution in [-0.4, -0.2) is 75.9 Å². The zero-order valence-corrected chi connectivity index (χ0v) is 19.1. The average molecular weight is 463 g/mol. The molecule has 2 aromatic carbocycles. The molecule has 0 bridgehead atoms. The molecule has 0 aromatic heterocycles. The summed E-state index contributed by atoms with van der Waals surface area (Å²) in [6.45, 7) is 2.84. The van der Waals surface area contributed by atoms with E-state index in [1.807, 2.05) is 24.3 Å². The van der Waals surface area contributed by atoms with Crippen LogP contribution in [0.1, 0.15) is 15.9 Å². The third-order valence-corrected chi connectivity index (χ3v) is 5.79. The van der Waals surface area contributed by atoms with Crippen LogP contribution in [0.5, 0.6) is 0 Å². The van der Waals surface area contributed by atoms with Crippen molar-refractivity contribution >= 4 is 41.4 Å². The number of nitrogens with zero attached hydrogens (tertiary/aromatic N) is 4. The fourth-order valence-electron chi connectivity index (χ4n) is 3.94. The molecule has 0 saturated carbocycles. The van der Waals surface area contributed by atoms with Gasteiger partial charge in [0.2, 0.25) is 0 Å². The lowest BCUT2D eigenvalue weighted by molar-refractivity contribution is -0.114. The van der Waals surface area contributed by atoms with Crippen molar-refractivity contribution in [2.75, 3.05) is 56.9 Å². The number of amides is 2. The van der Waals surface area contributed by atoms with Gasteiger partial charge in [0, 0.05) is 44.5 Å². The molecular formula is C25H26N4O5. The Morgan fingerprint density at radius 2 is 1.56 bits per heavy atom. The highest BCUT2D eigenvalue weighted by Crippen LogP contribution is 2.26. The number of hydrogen-bond donors (Lipinski definition) is 0. The zero-order valence-electron chi connectivity index (χ0n) is 19.1. The fraction of sp³-hybridized carbons (Fsp3) is 0.280. The SMILES string of the molecule is COCC1=NN(c2ccc(C=O)cc2)C(=O)/C1=C\c1ccc(N2CCN(C(=O)OC)CC2)cc1.